The van der Waals surface area contributed by atoms with Crippen molar-refractivity contribution in [1.82, 2.24) is 0 Å². The summed E-state index contributed by atoms with van der Waals surface area (Å²) < 4.78 is 0. The molecule has 0 fully saturated rings. The van der Waals surface area contributed by atoms with Gasteiger partial charge in [0.2, 0.25) is 5.78 Å². The molecule has 0 amide bonds. The normalized spacial score (nSPS) is 11.5. The number of thiophene rings is 1. The average Bonchev–Trinajstić information content (AvgIpc) is 2.53. The summed E-state index contributed by atoms with van der Waals surface area (Å²) in [6.07, 6.45) is 0.835. The van der Waals surface area contributed by atoms with Gasteiger partial charge >= 0.3 is 0 Å². The molecule has 0 spiro atoms. The maximum atomic E-state index is 11.2. The Balaban J connectivity index is 2.87. The van der Waals surface area contributed by atoms with Crippen LogP contribution < -0.4 is 0 Å². The zero-order chi connectivity index (χ0) is 8.27. The first-order valence-corrected chi connectivity index (χ1v) is 4.03. The SMILES string of the molecule is CC(=CO)C(=O)c1cccs1. The number of aliphatic hydroxyl groups is 1. The third-order valence-electron chi connectivity index (χ3n) is 1.30. The summed E-state index contributed by atoms with van der Waals surface area (Å²) in [5, 5.41) is 10.4. The first-order chi connectivity index (χ1) is 5.25. The highest BCUT2D eigenvalue weighted by molar-refractivity contribution is 7.12. The number of carbonyl (C=O) groups excluding carboxylic acids is 1. The van der Waals surface area contributed by atoms with E-state index in [-0.39, 0.29) is 5.78 Å². The van der Waals surface area contributed by atoms with E-state index in [1.807, 2.05) is 11.4 Å². The van der Waals surface area contributed by atoms with Crippen molar-refractivity contribution < 1.29 is 9.90 Å². The van der Waals surface area contributed by atoms with Gasteiger partial charge in [0, 0.05) is 5.57 Å². The second-order valence-electron chi connectivity index (χ2n) is 2.12. The van der Waals surface area contributed by atoms with Crippen molar-refractivity contribution in [1.29, 1.82) is 0 Å². The maximum Gasteiger partial charge on any atom is 0.201 e. The van der Waals surface area contributed by atoms with Crippen LogP contribution in [0.15, 0.2) is 29.3 Å². The third-order valence-corrected chi connectivity index (χ3v) is 2.17. The second kappa shape index (κ2) is 3.34. The molecule has 2 nitrogen and oxygen atoms in total. The van der Waals surface area contributed by atoms with Crippen molar-refractivity contribution in [2.24, 2.45) is 0 Å². The van der Waals surface area contributed by atoms with Crippen LogP contribution in [0, 0.1) is 0 Å². The highest BCUT2D eigenvalue weighted by Crippen LogP contribution is 2.13. The van der Waals surface area contributed by atoms with Crippen molar-refractivity contribution in [3.8, 4) is 0 Å². The molecule has 1 heterocycles. The number of carbonyl (C=O) groups is 1. The number of ketones is 1. The van der Waals surface area contributed by atoms with Crippen LogP contribution in [0.5, 0.6) is 0 Å². The van der Waals surface area contributed by atoms with Crippen LogP contribution in [0.4, 0.5) is 0 Å². The fourth-order valence-electron chi connectivity index (χ4n) is 0.661. The lowest BCUT2D eigenvalue weighted by Gasteiger charge is -1.92. The van der Waals surface area contributed by atoms with Gasteiger partial charge in [0.15, 0.2) is 0 Å². The van der Waals surface area contributed by atoms with Crippen molar-refractivity contribution in [3.63, 3.8) is 0 Å². The summed E-state index contributed by atoms with van der Waals surface area (Å²) in [6.45, 7) is 1.59. The predicted molar refractivity (Wildman–Crippen MR) is 45.0 cm³/mol. The standard InChI is InChI=1S/C8H8O2S/c1-6(5-9)8(10)7-3-2-4-11-7/h2-5,9H,1H3. The van der Waals surface area contributed by atoms with Gasteiger partial charge in [-0.25, -0.2) is 0 Å². The second-order valence-corrected chi connectivity index (χ2v) is 3.07. The lowest BCUT2D eigenvalue weighted by atomic mass is 10.2. The van der Waals surface area contributed by atoms with E-state index in [0.717, 1.165) is 6.26 Å². The first-order valence-electron chi connectivity index (χ1n) is 3.15. The van der Waals surface area contributed by atoms with Crippen molar-refractivity contribution in [2.75, 3.05) is 0 Å². The van der Waals surface area contributed by atoms with Crippen molar-refractivity contribution in [3.05, 3.63) is 34.2 Å². The van der Waals surface area contributed by atoms with Gasteiger partial charge in [-0.1, -0.05) is 6.07 Å². The molecule has 0 radical (unpaired) electrons. The van der Waals surface area contributed by atoms with E-state index < -0.39 is 0 Å². The molecule has 0 aliphatic rings. The fraction of sp³-hybridized carbons (Fsp3) is 0.125. The molecule has 58 valence electrons. The van der Waals surface area contributed by atoms with E-state index in [1.54, 1.807) is 13.0 Å². The molecular weight excluding hydrogens is 160 g/mol. The fourth-order valence-corrected chi connectivity index (χ4v) is 1.39. The number of Topliss-reactive ketones (excluding diaryl/α,β-unsaturated/α-hetero) is 1. The Hall–Kier alpha value is -1.09. The predicted octanol–water partition coefficient (Wildman–Crippen LogP) is 2.39. The largest absolute Gasteiger partial charge is 0.515 e. The maximum absolute atomic E-state index is 11.2. The lowest BCUT2D eigenvalue weighted by molar-refractivity contribution is 0.103. The number of hydrogen-bond acceptors (Lipinski definition) is 3. The minimum Gasteiger partial charge on any atom is -0.515 e. The molecule has 1 N–H and O–H groups in total. The van der Waals surface area contributed by atoms with Crippen LogP contribution >= 0.6 is 11.3 Å². The molecule has 0 saturated carbocycles. The molecule has 11 heavy (non-hydrogen) atoms. The van der Waals surface area contributed by atoms with Gasteiger partial charge in [-0.05, 0) is 18.4 Å². The molecule has 0 saturated heterocycles. The Morgan fingerprint density at radius 3 is 2.91 bits per heavy atom. The number of rotatable bonds is 2. The summed E-state index contributed by atoms with van der Waals surface area (Å²) in [5.41, 5.74) is 0.368. The van der Waals surface area contributed by atoms with Crippen molar-refractivity contribution in [2.45, 2.75) is 6.92 Å². The monoisotopic (exact) mass is 168 g/mol. The zero-order valence-corrected chi connectivity index (χ0v) is 6.89. The molecular formula is C8H8O2S. The van der Waals surface area contributed by atoms with E-state index in [0.29, 0.717) is 10.5 Å². The van der Waals surface area contributed by atoms with E-state index >= 15 is 0 Å². The molecule has 0 atom stereocenters. The van der Waals surface area contributed by atoms with Gasteiger partial charge in [-0.3, -0.25) is 4.79 Å². The summed E-state index contributed by atoms with van der Waals surface area (Å²) in [7, 11) is 0. The van der Waals surface area contributed by atoms with Crippen LogP contribution in [-0.4, -0.2) is 10.9 Å². The molecule has 0 aliphatic heterocycles. The minimum atomic E-state index is -0.109. The van der Waals surface area contributed by atoms with Crippen LogP contribution in [0.2, 0.25) is 0 Å². The van der Waals surface area contributed by atoms with Crippen LogP contribution in [0.3, 0.4) is 0 Å². The molecule has 0 aliphatic carbocycles. The van der Waals surface area contributed by atoms with Crippen LogP contribution in [0.25, 0.3) is 0 Å². The Labute approximate surface area is 68.8 Å². The molecule has 3 heteroatoms. The number of aliphatic hydroxyl groups excluding tert-OH is 1. The topological polar surface area (TPSA) is 37.3 Å². The molecule has 0 unspecified atom stereocenters. The smallest absolute Gasteiger partial charge is 0.201 e. The third kappa shape index (κ3) is 1.68. The number of allylic oxidation sites excluding steroid dienone is 1. The summed E-state index contributed by atoms with van der Waals surface area (Å²) in [5.74, 6) is -0.109. The Bertz CT molecular complexity index is 272. The van der Waals surface area contributed by atoms with Gasteiger partial charge < -0.3 is 5.11 Å². The summed E-state index contributed by atoms with van der Waals surface area (Å²) in [6, 6.07) is 3.54. The molecule has 1 aromatic rings. The van der Waals surface area contributed by atoms with E-state index in [9.17, 15) is 4.79 Å². The Kier molecular flexibility index (Phi) is 2.44. The van der Waals surface area contributed by atoms with Gasteiger partial charge in [-0.2, -0.15) is 0 Å². The van der Waals surface area contributed by atoms with Crippen LogP contribution in [0.1, 0.15) is 16.6 Å². The first kappa shape index (κ1) is 8.01. The van der Waals surface area contributed by atoms with Crippen LogP contribution in [-0.2, 0) is 0 Å². The Morgan fingerprint density at radius 1 is 1.73 bits per heavy atom. The van der Waals surface area contributed by atoms with Crippen molar-refractivity contribution >= 4 is 17.1 Å². The van der Waals surface area contributed by atoms with Gasteiger partial charge in [-0.15, -0.1) is 11.3 Å². The average molecular weight is 168 g/mol. The quantitative estimate of drug-likeness (QED) is 0.418. The van der Waals surface area contributed by atoms with Gasteiger partial charge in [0.25, 0.3) is 0 Å². The number of hydrogen-bond donors (Lipinski definition) is 1. The minimum absolute atomic E-state index is 0.109. The highest BCUT2D eigenvalue weighted by atomic mass is 32.1. The molecule has 1 aromatic heterocycles. The molecule has 1 rings (SSSR count). The highest BCUT2D eigenvalue weighted by Gasteiger charge is 2.07. The molecule has 0 bridgehead atoms. The summed E-state index contributed by atoms with van der Waals surface area (Å²) >= 11 is 1.37. The van der Waals surface area contributed by atoms with E-state index in [4.69, 9.17) is 5.11 Å². The van der Waals surface area contributed by atoms with E-state index in [2.05, 4.69) is 0 Å². The van der Waals surface area contributed by atoms with E-state index in [1.165, 1.54) is 11.3 Å². The van der Waals surface area contributed by atoms with Gasteiger partial charge in [0.1, 0.15) is 0 Å². The zero-order valence-electron chi connectivity index (χ0n) is 6.07. The lowest BCUT2D eigenvalue weighted by Crippen LogP contribution is -1.96. The van der Waals surface area contributed by atoms with Gasteiger partial charge in [0.05, 0.1) is 11.1 Å². The Morgan fingerprint density at radius 2 is 2.45 bits per heavy atom. The molecule has 0 aromatic carbocycles. The summed E-state index contributed by atoms with van der Waals surface area (Å²) in [4.78, 5) is 11.9.